The van der Waals surface area contributed by atoms with Gasteiger partial charge in [-0.05, 0) is 37.8 Å². The number of halogens is 1. The fraction of sp³-hybridized carbons (Fsp3) is 0.467. The van der Waals surface area contributed by atoms with E-state index in [4.69, 9.17) is 4.52 Å². The molecule has 1 aromatic carbocycles. The Morgan fingerprint density at radius 2 is 1.90 bits per heavy atom. The van der Waals surface area contributed by atoms with Crippen molar-refractivity contribution in [3.63, 3.8) is 0 Å². The molecule has 1 aliphatic heterocycles. The van der Waals surface area contributed by atoms with Crippen LogP contribution in [0.15, 0.2) is 34.9 Å². The minimum Gasteiger partial charge on any atom is -0.339 e. The molecule has 0 radical (unpaired) electrons. The van der Waals surface area contributed by atoms with Crippen LogP contribution in [0.3, 0.4) is 0 Å². The van der Waals surface area contributed by atoms with Gasteiger partial charge in [0.15, 0.2) is 0 Å². The highest BCUT2D eigenvalue weighted by Crippen LogP contribution is 2.63. The average Bonchev–Trinajstić information content (AvgIpc) is 2.96. The molecule has 2 heterocycles. The lowest BCUT2D eigenvalue weighted by Crippen LogP contribution is -2.29. The van der Waals surface area contributed by atoms with E-state index < -0.39 is 0 Å². The van der Waals surface area contributed by atoms with Gasteiger partial charge in [-0.25, -0.2) is 0 Å². The summed E-state index contributed by atoms with van der Waals surface area (Å²) < 4.78 is 5.49. The zero-order chi connectivity index (χ0) is 12.7. The number of nitrogens with zero attached hydrogens (tertiary/aromatic N) is 2. The lowest BCUT2D eigenvalue weighted by Gasteiger charge is -2.22. The van der Waals surface area contributed by atoms with Gasteiger partial charge in [0, 0.05) is 11.5 Å². The Labute approximate surface area is 124 Å². The maximum Gasteiger partial charge on any atom is 0.230 e. The van der Waals surface area contributed by atoms with Gasteiger partial charge in [0.2, 0.25) is 11.7 Å². The van der Waals surface area contributed by atoms with Gasteiger partial charge in [0.05, 0.1) is 0 Å². The lowest BCUT2D eigenvalue weighted by molar-refractivity contribution is 0.311. The van der Waals surface area contributed by atoms with Gasteiger partial charge in [0.25, 0.3) is 0 Å². The molecule has 1 atom stereocenters. The Kier molecular flexibility index (Phi) is 3.52. The first kappa shape index (κ1) is 13.6. The highest BCUT2D eigenvalue weighted by Gasteiger charge is 2.57. The molecule has 4 nitrogen and oxygen atoms in total. The summed E-state index contributed by atoms with van der Waals surface area (Å²) >= 11 is 0. The van der Waals surface area contributed by atoms with Crippen LogP contribution in [0.1, 0.15) is 31.1 Å². The van der Waals surface area contributed by atoms with Gasteiger partial charge >= 0.3 is 0 Å². The second-order valence-corrected chi connectivity index (χ2v) is 5.69. The molecule has 0 amide bonds. The SMILES string of the molecule is Cl.c1ccc(-c2noc(C3CC34CCNCC4)n2)cc1. The van der Waals surface area contributed by atoms with Crippen molar-refractivity contribution in [2.24, 2.45) is 5.41 Å². The molecule has 4 rings (SSSR count). The molecular weight excluding hydrogens is 274 g/mol. The average molecular weight is 292 g/mol. The largest absolute Gasteiger partial charge is 0.339 e. The molecule has 1 aromatic heterocycles. The molecule has 2 aliphatic rings. The summed E-state index contributed by atoms with van der Waals surface area (Å²) in [5, 5.41) is 7.54. The first-order valence-corrected chi connectivity index (χ1v) is 6.97. The standard InChI is InChI=1S/C15H17N3O.ClH/c1-2-4-11(5-3-1)13-17-14(19-18-13)12-10-15(12)6-8-16-9-7-15;/h1-5,12,16H,6-10H2;1H. The Bertz CT molecular complexity index is 578. The molecule has 1 aliphatic carbocycles. The van der Waals surface area contributed by atoms with Gasteiger partial charge in [-0.15, -0.1) is 12.4 Å². The van der Waals surface area contributed by atoms with Crippen molar-refractivity contribution in [3.8, 4) is 11.4 Å². The van der Waals surface area contributed by atoms with Crippen LogP contribution in [0.2, 0.25) is 0 Å². The quantitative estimate of drug-likeness (QED) is 0.924. The van der Waals surface area contributed by atoms with E-state index in [1.165, 1.54) is 19.3 Å². The molecule has 1 spiro atoms. The molecule has 106 valence electrons. The normalized spacial score (nSPS) is 23.3. The number of hydrogen-bond donors (Lipinski definition) is 1. The summed E-state index contributed by atoms with van der Waals surface area (Å²) in [7, 11) is 0. The molecule has 1 unspecified atom stereocenters. The highest BCUT2D eigenvalue weighted by atomic mass is 35.5. The summed E-state index contributed by atoms with van der Waals surface area (Å²) in [4.78, 5) is 4.59. The molecular formula is C15H18ClN3O. The lowest BCUT2D eigenvalue weighted by atomic mass is 9.92. The number of hydrogen-bond acceptors (Lipinski definition) is 4. The zero-order valence-electron chi connectivity index (χ0n) is 11.2. The van der Waals surface area contributed by atoms with Crippen LogP contribution in [0.25, 0.3) is 11.4 Å². The summed E-state index contributed by atoms with van der Waals surface area (Å²) in [6.07, 6.45) is 3.69. The summed E-state index contributed by atoms with van der Waals surface area (Å²) in [5.41, 5.74) is 1.48. The monoisotopic (exact) mass is 291 g/mol. The third-order valence-electron chi connectivity index (χ3n) is 4.56. The van der Waals surface area contributed by atoms with E-state index in [1.807, 2.05) is 30.3 Å². The zero-order valence-corrected chi connectivity index (χ0v) is 12.0. The highest BCUT2D eigenvalue weighted by molar-refractivity contribution is 5.85. The van der Waals surface area contributed by atoms with Crippen molar-refractivity contribution in [2.75, 3.05) is 13.1 Å². The Morgan fingerprint density at radius 3 is 2.65 bits per heavy atom. The smallest absolute Gasteiger partial charge is 0.230 e. The predicted octanol–water partition coefficient (Wildman–Crippen LogP) is 3.02. The van der Waals surface area contributed by atoms with E-state index >= 15 is 0 Å². The topological polar surface area (TPSA) is 51.0 Å². The van der Waals surface area contributed by atoms with Crippen molar-refractivity contribution in [1.82, 2.24) is 15.5 Å². The molecule has 1 saturated heterocycles. The first-order valence-electron chi connectivity index (χ1n) is 6.97. The third-order valence-corrected chi connectivity index (χ3v) is 4.56. The van der Waals surface area contributed by atoms with Crippen LogP contribution in [-0.4, -0.2) is 23.2 Å². The number of aromatic nitrogens is 2. The van der Waals surface area contributed by atoms with E-state index in [2.05, 4.69) is 15.5 Å². The van der Waals surface area contributed by atoms with Crippen LogP contribution in [0.5, 0.6) is 0 Å². The van der Waals surface area contributed by atoms with Gasteiger partial charge < -0.3 is 9.84 Å². The van der Waals surface area contributed by atoms with Crippen LogP contribution in [0, 0.1) is 5.41 Å². The van der Waals surface area contributed by atoms with Gasteiger partial charge in [0.1, 0.15) is 0 Å². The van der Waals surface area contributed by atoms with E-state index in [9.17, 15) is 0 Å². The van der Waals surface area contributed by atoms with Crippen LogP contribution >= 0.6 is 12.4 Å². The number of rotatable bonds is 2. The van der Waals surface area contributed by atoms with Crippen LogP contribution in [-0.2, 0) is 0 Å². The van der Waals surface area contributed by atoms with E-state index in [0.29, 0.717) is 17.2 Å². The summed E-state index contributed by atoms with van der Waals surface area (Å²) in [6.45, 7) is 2.24. The Balaban J connectivity index is 0.00000121. The third kappa shape index (κ3) is 2.23. The predicted molar refractivity (Wildman–Crippen MR) is 78.9 cm³/mol. The second kappa shape index (κ2) is 5.19. The molecule has 1 saturated carbocycles. The van der Waals surface area contributed by atoms with E-state index in [0.717, 1.165) is 24.5 Å². The van der Waals surface area contributed by atoms with Crippen LogP contribution < -0.4 is 5.32 Å². The minimum atomic E-state index is 0. The first-order chi connectivity index (χ1) is 9.37. The van der Waals surface area contributed by atoms with Gasteiger partial charge in [-0.1, -0.05) is 35.5 Å². The molecule has 5 heteroatoms. The molecule has 2 aromatic rings. The Morgan fingerprint density at radius 1 is 1.15 bits per heavy atom. The fourth-order valence-corrected chi connectivity index (χ4v) is 3.26. The molecule has 2 fully saturated rings. The molecule has 1 N–H and O–H groups in total. The molecule has 0 bridgehead atoms. The van der Waals surface area contributed by atoms with Crippen molar-refractivity contribution in [2.45, 2.75) is 25.2 Å². The minimum absolute atomic E-state index is 0. The van der Waals surface area contributed by atoms with Crippen molar-refractivity contribution < 1.29 is 4.52 Å². The Hall–Kier alpha value is -1.39. The van der Waals surface area contributed by atoms with Crippen molar-refractivity contribution in [1.29, 1.82) is 0 Å². The van der Waals surface area contributed by atoms with Crippen molar-refractivity contribution >= 4 is 12.4 Å². The maximum absolute atomic E-state index is 5.49. The number of nitrogens with one attached hydrogen (secondary N) is 1. The second-order valence-electron chi connectivity index (χ2n) is 5.69. The summed E-state index contributed by atoms with van der Waals surface area (Å²) in [6, 6.07) is 10.0. The maximum atomic E-state index is 5.49. The number of piperidine rings is 1. The fourth-order valence-electron chi connectivity index (χ4n) is 3.26. The van der Waals surface area contributed by atoms with E-state index in [-0.39, 0.29) is 12.4 Å². The van der Waals surface area contributed by atoms with E-state index in [1.54, 1.807) is 0 Å². The molecule has 20 heavy (non-hydrogen) atoms. The van der Waals surface area contributed by atoms with Crippen LogP contribution in [0.4, 0.5) is 0 Å². The van der Waals surface area contributed by atoms with Crippen molar-refractivity contribution in [3.05, 3.63) is 36.2 Å². The number of benzene rings is 1. The summed E-state index contributed by atoms with van der Waals surface area (Å²) in [5.74, 6) is 2.03. The van der Waals surface area contributed by atoms with Gasteiger partial charge in [-0.2, -0.15) is 4.98 Å². The van der Waals surface area contributed by atoms with Gasteiger partial charge in [-0.3, -0.25) is 0 Å².